The molecule has 2 heteroatoms. The number of nitrogens with zero attached hydrogens (tertiary/aromatic N) is 1. The molecule has 2 aliphatic rings. The summed E-state index contributed by atoms with van der Waals surface area (Å²) in [6.07, 6.45) is 3.98. The Bertz CT molecular complexity index is 165. The van der Waals surface area contributed by atoms with Gasteiger partial charge in [0.05, 0.1) is 13.2 Å². The third-order valence-corrected chi connectivity index (χ3v) is 3.41. The van der Waals surface area contributed by atoms with Crippen LogP contribution in [0.3, 0.4) is 0 Å². The van der Waals surface area contributed by atoms with Crippen LogP contribution in [-0.4, -0.2) is 36.2 Å². The van der Waals surface area contributed by atoms with E-state index < -0.39 is 0 Å². The van der Waals surface area contributed by atoms with Gasteiger partial charge in [0.25, 0.3) is 0 Å². The van der Waals surface area contributed by atoms with Crippen molar-refractivity contribution in [3.05, 3.63) is 0 Å². The maximum absolute atomic E-state index is 5.53. The molecule has 0 N–H and O–H groups in total. The molecular formula is C10H19NO. The number of morpholine rings is 1. The topological polar surface area (TPSA) is 12.5 Å². The Morgan fingerprint density at radius 1 is 1.50 bits per heavy atom. The van der Waals surface area contributed by atoms with Gasteiger partial charge in [-0.1, -0.05) is 6.92 Å². The van der Waals surface area contributed by atoms with Crippen LogP contribution in [0.5, 0.6) is 0 Å². The highest BCUT2D eigenvalue weighted by Crippen LogP contribution is 2.44. The van der Waals surface area contributed by atoms with Gasteiger partial charge in [0, 0.05) is 18.1 Å². The monoisotopic (exact) mass is 169 g/mol. The van der Waals surface area contributed by atoms with Crippen molar-refractivity contribution in [2.75, 3.05) is 19.8 Å². The Labute approximate surface area is 74.9 Å². The molecule has 2 fully saturated rings. The average molecular weight is 169 g/mol. The van der Waals surface area contributed by atoms with Crippen molar-refractivity contribution in [3.63, 3.8) is 0 Å². The highest BCUT2D eigenvalue weighted by atomic mass is 16.5. The van der Waals surface area contributed by atoms with Crippen LogP contribution in [0, 0.1) is 0 Å². The summed E-state index contributed by atoms with van der Waals surface area (Å²) in [7, 11) is 0. The van der Waals surface area contributed by atoms with Gasteiger partial charge in [-0.2, -0.15) is 0 Å². The minimum Gasteiger partial charge on any atom is -0.378 e. The lowest BCUT2D eigenvalue weighted by molar-refractivity contribution is -0.0389. The molecule has 2 rings (SSSR count). The minimum absolute atomic E-state index is 0.480. The third-order valence-electron chi connectivity index (χ3n) is 3.41. The summed E-state index contributed by atoms with van der Waals surface area (Å²) >= 11 is 0. The molecule has 0 aromatic rings. The van der Waals surface area contributed by atoms with Gasteiger partial charge in [-0.25, -0.2) is 0 Å². The molecule has 1 saturated heterocycles. The zero-order chi connectivity index (χ0) is 8.60. The van der Waals surface area contributed by atoms with Crippen LogP contribution in [0.4, 0.5) is 0 Å². The maximum atomic E-state index is 5.53. The molecule has 0 amide bonds. The Kier molecular flexibility index (Phi) is 2.13. The summed E-state index contributed by atoms with van der Waals surface area (Å²) in [4.78, 5) is 2.66. The molecule has 70 valence electrons. The lowest BCUT2D eigenvalue weighted by atomic mass is 10.1. The summed E-state index contributed by atoms with van der Waals surface area (Å²) in [5, 5.41) is 0. The summed E-state index contributed by atoms with van der Waals surface area (Å²) < 4.78 is 5.53. The van der Waals surface area contributed by atoms with Gasteiger partial charge in [-0.05, 0) is 26.2 Å². The van der Waals surface area contributed by atoms with Crippen LogP contribution in [0.15, 0.2) is 0 Å². The molecule has 1 spiro atoms. The zero-order valence-corrected chi connectivity index (χ0v) is 8.18. The van der Waals surface area contributed by atoms with Gasteiger partial charge in [0.1, 0.15) is 0 Å². The summed E-state index contributed by atoms with van der Waals surface area (Å²) in [6, 6.07) is 0.747. The van der Waals surface area contributed by atoms with Crippen molar-refractivity contribution < 1.29 is 4.74 Å². The predicted octanol–water partition coefficient (Wildman–Crippen LogP) is 1.65. The third kappa shape index (κ3) is 1.27. The average Bonchev–Trinajstić information content (AvgIpc) is 2.85. The van der Waals surface area contributed by atoms with Crippen LogP contribution >= 0.6 is 0 Å². The van der Waals surface area contributed by atoms with E-state index in [2.05, 4.69) is 18.7 Å². The second kappa shape index (κ2) is 3.00. The van der Waals surface area contributed by atoms with E-state index in [1.54, 1.807) is 0 Å². The normalized spacial score (nSPS) is 30.5. The molecule has 2 nitrogen and oxygen atoms in total. The molecular weight excluding hydrogens is 150 g/mol. The summed E-state index contributed by atoms with van der Waals surface area (Å²) in [6.45, 7) is 7.68. The van der Waals surface area contributed by atoms with Crippen LogP contribution in [-0.2, 0) is 4.74 Å². The van der Waals surface area contributed by atoms with Crippen LogP contribution < -0.4 is 0 Å². The van der Waals surface area contributed by atoms with Crippen molar-refractivity contribution >= 4 is 0 Å². The molecule has 1 atom stereocenters. The standard InChI is InChI=1S/C10H19NO/c1-3-9(2)11-6-7-12-8-10(11)4-5-10/h9H,3-8H2,1-2H3. The fraction of sp³-hybridized carbons (Fsp3) is 1.00. The van der Waals surface area contributed by atoms with Gasteiger partial charge < -0.3 is 4.74 Å². The first kappa shape index (κ1) is 8.52. The molecule has 1 unspecified atom stereocenters. The number of hydrogen-bond acceptors (Lipinski definition) is 2. The van der Waals surface area contributed by atoms with Crippen molar-refractivity contribution in [3.8, 4) is 0 Å². The lowest BCUT2D eigenvalue weighted by Gasteiger charge is -2.40. The first-order valence-electron chi connectivity index (χ1n) is 5.13. The number of rotatable bonds is 2. The van der Waals surface area contributed by atoms with Crippen molar-refractivity contribution in [1.29, 1.82) is 0 Å². The molecule has 1 aliphatic heterocycles. The van der Waals surface area contributed by atoms with E-state index in [9.17, 15) is 0 Å². The summed E-state index contributed by atoms with van der Waals surface area (Å²) in [5.74, 6) is 0. The Balaban J connectivity index is 2.01. The number of hydrogen-bond donors (Lipinski definition) is 0. The van der Waals surface area contributed by atoms with Crippen LogP contribution in [0.2, 0.25) is 0 Å². The van der Waals surface area contributed by atoms with E-state index in [0.29, 0.717) is 5.54 Å². The fourth-order valence-corrected chi connectivity index (χ4v) is 2.23. The fourth-order valence-electron chi connectivity index (χ4n) is 2.23. The minimum atomic E-state index is 0.480. The largest absolute Gasteiger partial charge is 0.378 e. The van der Waals surface area contributed by atoms with E-state index in [1.165, 1.54) is 19.3 Å². The smallest absolute Gasteiger partial charge is 0.0651 e. The molecule has 1 heterocycles. The van der Waals surface area contributed by atoms with Gasteiger partial charge >= 0.3 is 0 Å². The Morgan fingerprint density at radius 2 is 2.25 bits per heavy atom. The van der Waals surface area contributed by atoms with Crippen LogP contribution in [0.25, 0.3) is 0 Å². The Hall–Kier alpha value is -0.0800. The molecule has 0 bridgehead atoms. The molecule has 0 aromatic carbocycles. The lowest BCUT2D eigenvalue weighted by Crippen LogP contribution is -2.51. The Morgan fingerprint density at radius 3 is 2.83 bits per heavy atom. The highest BCUT2D eigenvalue weighted by molar-refractivity contribution is 5.06. The van der Waals surface area contributed by atoms with E-state index in [1.807, 2.05) is 0 Å². The van der Waals surface area contributed by atoms with Crippen molar-refractivity contribution in [2.24, 2.45) is 0 Å². The second-order valence-electron chi connectivity index (χ2n) is 4.23. The van der Waals surface area contributed by atoms with Crippen LogP contribution in [0.1, 0.15) is 33.1 Å². The second-order valence-corrected chi connectivity index (χ2v) is 4.23. The van der Waals surface area contributed by atoms with E-state index in [4.69, 9.17) is 4.74 Å². The van der Waals surface area contributed by atoms with E-state index in [0.717, 1.165) is 25.8 Å². The van der Waals surface area contributed by atoms with E-state index in [-0.39, 0.29) is 0 Å². The SMILES string of the molecule is CCC(C)N1CCOCC12CC2. The van der Waals surface area contributed by atoms with Gasteiger partial charge in [-0.3, -0.25) is 4.90 Å². The quantitative estimate of drug-likeness (QED) is 0.623. The first-order chi connectivity index (χ1) is 5.78. The van der Waals surface area contributed by atoms with Crippen molar-refractivity contribution in [2.45, 2.75) is 44.7 Å². The molecule has 0 radical (unpaired) electrons. The molecule has 1 aliphatic carbocycles. The molecule has 12 heavy (non-hydrogen) atoms. The van der Waals surface area contributed by atoms with Gasteiger partial charge in [0.15, 0.2) is 0 Å². The molecule has 1 saturated carbocycles. The number of ether oxygens (including phenoxy) is 1. The first-order valence-corrected chi connectivity index (χ1v) is 5.13. The predicted molar refractivity (Wildman–Crippen MR) is 49.2 cm³/mol. The highest BCUT2D eigenvalue weighted by Gasteiger charge is 2.50. The van der Waals surface area contributed by atoms with Gasteiger partial charge in [-0.15, -0.1) is 0 Å². The van der Waals surface area contributed by atoms with E-state index >= 15 is 0 Å². The summed E-state index contributed by atoms with van der Waals surface area (Å²) in [5.41, 5.74) is 0.480. The zero-order valence-electron chi connectivity index (χ0n) is 8.18. The molecule has 0 aromatic heterocycles. The maximum Gasteiger partial charge on any atom is 0.0651 e. The van der Waals surface area contributed by atoms with Gasteiger partial charge in [0.2, 0.25) is 0 Å². The van der Waals surface area contributed by atoms with Crippen molar-refractivity contribution in [1.82, 2.24) is 4.90 Å².